The number of aromatic nitrogens is 2. The molecule has 0 bridgehead atoms. The Bertz CT molecular complexity index is 486. The van der Waals surface area contributed by atoms with Crippen molar-refractivity contribution in [2.75, 3.05) is 5.32 Å². The van der Waals surface area contributed by atoms with E-state index in [-0.39, 0.29) is 12.2 Å². The summed E-state index contributed by atoms with van der Waals surface area (Å²) in [5.41, 5.74) is 0.183. The Labute approximate surface area is 111 Å². The summed E-state index contributed by atoms with van der Waals surface area (Å²) < 4.78 is 37.3. The third-order valence-electron chi connectivity index (χ3n) is 2.10. The molecule has 0 aromatic carbocycles. The average Bonchev–Trinajstić information content (AvgIpc) is 2.60. The molecular weight excluding hydrogens is 281 g/mol. The van der Waals surface area contributed by atoms with Gasteiger partial charge in [-0.3, -0.25) is 9.48 Å². The Morgan fingerprint density at radius 1 is 1.50 bits per heavy atom. The number of anilines is 1. The molecule has 0 radical (unpaired) electrons. The van der Waals surface area contributed by atoms with Gasteiger partial charge in [-0.15, -0.1) is 0 Å². The van der Waals surface area contributed by atoms with E-state index in [4.69, 9.17) is 5.11 Å². The Morgan fingerprint density at radius 2 is 2.15 bits per heavy atom. The fraction of sp³-hybridized carbons (Fsp3) is 0.500. The largest absolute Gasteiger partial charge is 0.480 e. The molecule has 1 heterocycles. The lowest BCUT2D eigenvalue weighted by Gasteiger charge is -2.15. The number of amides is 2. The Hall–Kier alpha value is -2.26. The lowest BCUT2D eigenvalue weighted by Crippen LogP contribution is -2.38. The van der Waals surface area contributed by atoms with E-state index in [1.165, 1.54) is 19.3 Å². The predicted molar refractivity (Wildman–Crippen MR) is 62.2 cm³/mol. The van der Waals surface area contributed by atoms with Crippen LogP contribution >= 0.6 is 0 Å². The first-order chi connectivity index (χ1) is 9.15. The first kappa shape index (κ1) is 15.8. The van der Waals surface area contributed by atoms with Gasteiger partial charge in [-0.05, 0) is 6.92 Å². The van der Waals surface area contributed by atoms with Crippen LogP contribution in [0.5, 0.6) is 0 Å². The van der Waals surface area contributed by atoms with Crippen molar-refractivity contribution in [2.45, 2.75) is 32.1 Å². The van der Waals surface area contributed by atoms with E-state index in [9.17, 15) is 22.8 Å². The van der Waals surface area contributed by atoms with E-state index in [1.807, 2.05) is 0 Å². The van der Waals surface area contributed by atoms with Crippen LogP contribution in [-0.2, 0) is 11.3 Å². The molecule has 3 N–H and O–H groups in total. The van der Waals surface area contributed by atoms with Crippen LogP contribution in [0, 0.1) is 0 Å². The van der Waals surface area contributed by atoms with Crippen molar-refractivity contribution in [2.24, 2.45) is 0 Å². The van der Waals surface area contributed by atoms with Gasteiger partial charge in [0.2, 0.25) is 0 Å². The third-order valence-corrected chi connectivity index (χ3v) is 2.10. The Balaban J connectivity index is 2.46. The van der Waals surface area contributed by atoms with Gasteiger partial charge in [-0.25, -0.2) is 4.79 Å². The van der Waals surface area contributed by atoms with E-state index in [0.717, 1.165) is 4.68 Å². The Morgan fingerprint density at radius 3 is 2.70 bits per heavy atom. The lowest BCUT2D eigenvalue weighted by atomic mass is 10.2. The number of halogens is 3. The highest BCUT2D eigenvalue weighted by molar-refractivity contribution is 5.89. The van der Waals surface area contributed by atoms with Crippen molar-refractivity contribution in [1.29, 1.82) is 0 Å². The van der Waals surface area contributed by atoms with E-state index in [2.05, 4.69) is 15.7 Å². The third kappa shape index (κ3) is 6.07. The van der Waals surface area contributed by atoms with Crippen molar-refractivity contribution in [3.63, 3.8) is 0 Å². The highest BCUT2D eigenvalue weighted by Crippen LogP contribution is 2.21. The average molecular weight is 294 g/mol. The van der Waals surface area contributed by atoms with Crippen LogP contribution in [-0.4, -0.2) is 39.1 Å². The summed E-state index contributed by atoms with van der Waals surface area (Å²) in [6.45, 7) is 0.842. The summed E-state index contributed by atoms with van der Waals surface area (Å²) in [7, 11) is 0. The molecule has 0 aliphatic carbocycles. The second-order valence-electron chi connectivity index (χ2n) is 4.14. The summed E-state index contributed by atoms with van der Waals surface area (Å²) >= 11 is 0. The Kier molecular flexibility index (Phi) is 4.94. The SMILES string of the molecule is CC(CC(F)(F)F)NC(=O)Nc1cnn(CC(=O)O)c1. The first-order valence-electron chi connectivity index (χ1n) is 5.54. The number of aliphatic carboxylic acids is 1. The smallest absolute Gasteiger partial charge is 0.391 e. The number of alkyl halides is 3. The molecule has 1 aromatic rings. The van der Waals surface area contributed by atoms with Gasteiger partial charge in [0.05, 0.1) is 18.3 Å². The number of hydrogen-bond donors (Lipinski definition) is 3. The molecule has 10 heteroatoms. The number of carbonyl (C=O) groups is 2. The molecule has 20 heavy (non-hydrogen) atoms. The van der Waals surface area contributed by atoms with Gasteiger partial charge in [-0.2, -0.15) is 18.3 Å². The summed E-state index contributed by atoms with van der Waals surface area (Å²) in [6.07, 6.45) is -3.06. The number of carbonyl (C=O) groups excluding carboxylic acids is 1. The molecule has 1 atom stereocenters. The van der Waals surface area contributed by atoms with Gasteiger partial charge in [0.15, 0.2) is 0 Å². The minimum atomic E-state index is -4.36. The molecule has 0 saturated heterocycles. The number of hydrogen-bond acceptors (Lipinski definition) is 3. The fourth-order valence-electron chi connectivity index (χ4n) is 1.44. The predicted octanol–water partition coefficient (Wildman–Crippen LogP) is 1.43. The van der Waals surface area contributed by atoms with Crippen molar-refractivity contribution < 1.29 is 27.9 Å². The summed E-state index contributed by atoms with van der Waals surface area (Å²) in [6, 6.07) is -1.90. The van der Waals surface area contributed by atoms with E-state index >= 15 is 0 Å². The number of nitrogens with zero attached hydrogens (tertiary/aromatic N) is 2. The van der Waals surface area contributed by atoms with Gasteiger partial charge in [-0.1, -0.05) is 0 Å². The van der Waals surface area contributed by atoms with E-state index in [0.29, 0.717) is 0 Å². The molecule has 0 fully saturated rings. The first-order valence-corrected chi connectivity index (χ1v) is 5.54. The number of carboxylic acids is 1. The van der Waals surface area contributed by atoms with Gasteiger partial charge in [0.1, 0.15) is 6.54 Å². The maximum atomic E-state index is 12.1. The second kappa shape index (κ2) is 6.26. The molecule has 0 aliphatic heterocycles. The monoisotopic (exact) mass is 294 g/mol. The van der Waals surface area contributed by atoms with Crippen molar-refractivity contribution in [3.8, 4) is 0 Å². The minimum absolute atomic E-state index is 0.183. The van der Waals surface area contributed by atoms with Crippen LogP contribution in [0.2, 0.25) is 0 Å². The molecule has 0 aliphatic rings. The van der Waals surface area contributed by atoms with Crippen LogP contribution in [0.1, 0.15) is 13.3 Å². The van der Waals surface area contributed by atoms with Crippen LogP contribution in [0.4, 0.5) is 23.7 Å². The summed E-state index contributed by atoms with van der Waals surface area (Å²) in [4.78, 5) is 21.8. The van der Waals surface area contributed by atoms with Crippen LogP contribution < -0.4 is 10.6 Å². The number of urea groups is 1. The van der Waals surface area contributed by atoms with Crippen molar-refractivity contribution >= 4 is 17.7 Å². The number of nitrogens with one attached hydrogen (secondary N) is 2. The highest BCUT2D eigenvalue weighted by Gasteiger charge is 2.30. The quantitative estimate of drug-likeness (QED) is 0.765. The van der Waals surface area contributed by atoms with Crippen LogP contribution in [0.15, 0.2) is 12.4 Å². The van der Waals surface area contributed by atoms with Gasteiger partial charge in [0, 0.05) is 12.2 Å². The molecule has 0 saturated carbocycles. The van der Waals surface area contributed by atoms with E-state index < -0.39 is 30.6 Å². The lowest BCUT2D eigenvalue weighted by molar-refractivity contribution is -0.139. The zero-order chi connectivity index (χ0) is 15.3. The minimum Gasteiger partial charge on any atom is -0.480 e. The van der Waals surface area contributed by atoms with E-state index in [1.54, 1.807) is 0 Å². The molecule has 2 amide bonds. The highest BCUT2D eigenvalue weighted by atomic mass is 19.4. The maximum Gasteiger partial charge on any atom is 0.391 e. The topological polar surface area (TPSA) is 96.3 Å². The molecule has 1 aromatic heterocycles. The van der Waals surface area contributed by atoms with Crippen LogP contribution in [0.3, 0.4) is 0 Å². The second-order valence-corrected chi connectivity index (χ2v) is 4.14. The van der Waals surface area contributed by atoms with Gasteiger partial charge in [0.25, 0.3) is 0 Å². The zero-order valence-electron chi connectivity index (χ0n) is 10.4. The van der Waals surface area contributed by atoms with Crippen molar-refractivity contribution in [1.82, 2.24) is 15.1 Å². The molecule has 0 spiro atoms. The molecular formula is C10H13F3N4O3. The van der Waals surface area contributed by atoms with Crippen molar-refractivity contribution in [3.05, 3.63) is 12.4 Å². The maximum absolute atomic E-state index is 12.1. The normalized spacial score (nSPS) is 12.8. The standard InChI is InChI=1S/C10H13F3N4O3/c1-6(2-10(11,12)13)15-9(20)16-7-3-14-17(4-7)5-8(18)19/h3-4,6H,2,5H2,1H3,(H,18,19)(H2,15,16,20). The summed E-state index contributed by atoms with van der Waals surface area (Å²) in [5.74, 6) is -1.11. The van der Waals surface area contributed by atoms with Gasteiger partial charge >= 0.3 is 18.2 Å². The zero-order valence-corrected chi connectivity index (χ0v) is 10.4. The van der Waals surface area contributed by atoms with Gasteiger partial charge < -0.3 is 15.7 Å². The summed E-state index contributed by atoms with van der Waals surface area (Å²) in [5, 5.41) is 16.5. The molecule has 7 nitrogen and oxygen atoms in total. The number of carboxylic acid groups (broad SMARTS) is 1. The molecule has 1 unspecified atom stereocenters. The fourth-order valence-corrected chi connectivity index (χ4v) is 1.44. The molecule has 112 valence electrons. The number of rotatable bonds is 5. The van der Waals surface area contributed by atoms with Crippen LogP contribution in [0.25, 0.3) is 0 Å². The molecule has 1 rings (SSSR count).